The van der Waals surface area contributed by atoms with Crippen LogP contribution < -0.4 is 0 Å². The molecule has 0 saturated carbocycles. The number of unbranched alkanes of at least 4 members (excludes halogenated alkanes) is 6. The molecule has 0 rings (SSSR count). The van der Waals surface area contributed by atoms with Gasteiger partial charge in [-0.25, -0.2) is 0 Å². The van der Waals surface area contributed by atoms with Crippen LogP contribution in [0.4, 0.5) is 0 Å². The fourth-order valence-electron chi connectivity index (χ4n) is 1.03. The van der Waals surface area contributed by atoms with Gasteiger partial charge in [0, 0.05) is 0 Å². The number of hydrogen-bond donors (Lipinski definition) is 0. The van der Waals surface area contributed by atoms with Crippen molar-refractivity contribution in [3.05, 3.63) is 0 Å². The second-order valence-corrected chi connectivity index (χ2v) is 2.77. The summed E-state index contributed by atoms with van der Waals surface area (Å²) in [5.41, 5.74) is 0. The second kappa shape index (κ2) is 13.2. The zero-order chi connectivity index (χ0) is 6.95. The van der Waals surface area contributed by atoms with Crippen molar-refractivity contribution in [3.63, 3.8) is 0 Å². The number of hydrogen-bond acceptors (Lipinski definition) is 0. The van der Waals surface area contributed by atoms with Gasteiger partial charge in [0.05, 0.1) is 0 Å². The first-order valence-corrected chi connectivity index (χ1v) is 4.41. The van der Waals surface area contributed by atoms with Crippen molar-refractivity contribution in [2.45, 2.75) is 58.8 Å². The zero-order valence-corrected chi connectivity index (χ0v) is 6.95. The van der Waals surface area contributed by atoms with Gasteiger partial charge in [0.1, 0.15) is 0 Å². The quantitative estimate of drug-likeness (QED) is 0.422. The molecule has 0 atom stereocenters. The summed E-state index contributed by atoms with van der Waals surface area (Å²) in [7, 11) is 0. The van der Waals surface area contributed by atoms with Crippen LogP contribution in [0.15, 0.2) is 0 Å². The van der Waals surface area contributed by atoms with Gasteiger partial charge in [-0.2, -0.15) is 0 Å². The van der Waals surface area contributed by atoms with Gasteiger partial charge in [0.15, 0.2) is 0 Å². The monoisotopic (exact) mass is 168 g/mol. The van der Waals surface area contributed by atoms with E-state index < -0.39 is 0 Å². The van der Waals surface area contributed by atoms with E-state index in [1.165, 1.54) is 44.9 Å². The summed E-state index contributed by atoms with van der Waals surface area (Å²) < 4.78 is 0. The molecule has 10 heavy (non-hydrogen) atoms. The van der Waals surface area contributed by atoms with Crippen LogP contribution in [-0.4, -0.2) is 51.4 Å². The Hall–Kier alpha value is 1.64. The van der Waals surface area contributed by atoms with Gasteiger partial charge in [0.2, 0.25) is 0 Å². The van der Waals surface area contributed by atoms with E-state index in [1.54, 1.807) is 0 Å². The fourth-order valence-corrected chi connectivity index (χ4v) is 1.03. The van der Waals surface area contributed by atoms with Crippen LogP contribution in [0.5, 0.6) is 0 Å². The van der Waals surface area contributed by atoms with Crippen molar-refractivity contribution in [2.24, 2.45) is 0 Å². The van der Waals surface area contributed by atoms with E-state index in [9.17, 15) is 0 Å². The Morgan fingerprint density at radius 2 is 0.900 bits per heavy atom. The van der Waals surface area contributed by atoms with Crippen LogP contribution in [0, 0.1) is 0 Å². The summed E-state index contributed by atoms with van der Waals surface area (Å²) in [5.74, 6) is 0. The Kier molecular flexibility index (Phi) is 18.8. The molecule has 0 aliphatic rings. The second-order valence-electron chi connectivity index (χ2n) is 2.77. The molecule has 0 nitrogen and oxygen atoms in total. The Labute approximate surface area is 109 Å². The van der Waals surface area contributed by atoms with Crippen molar-refractivity contribution in [1.82, 2.24) is 0 Å². The molecule has 0 fully saturated rings. The Bertz CT molecular complexity index is 38.0. The molecule has 0 radical (unpaired) electrons. The summed E-state index contributed by atoms with van der Waals surface area (Å²) in [4.78, 5) is 0. The first kappa shape index (κ1) is 14.2. The third kappa shape index (κ3) is 12.3. The predicted molar refractivity (Wildman–Crippen MR) is 50.8 cm³/mol. The maximum absolute atomic E-state index is 2.26. The minimum absolute atomic E-state index is 0. The Morgan fingerprint density at radius 3 is 1.20 bits per heavy atom. The summed E-state index contributed by atoms with van der Waals surface area (Å²) in [6, 6.07) is 0. The molecule has 0 aliphatic carbocycles. The van der Waals surface area contributed by atoms with Crippen molar-refractivity contribution >= 4 is 51.4 Å². The van der Waals surface area contributed by atoms with Gasteiger partial charge in [-0.3, -0.25) is 0 Å². The molecule has 0 aromatic rings. The van der Waals surface area contributed by atoms with Crippen molar-refractivity contribution < 1.29 is 0 Å². The average molecular weight is 168 g/mol. The normalized spacial score (nSPS) is 9.00. The molecule has 0 saturated heterocycles. The number of rotatable bonds is 6. The zero-order valence-electron chi connectivity index (χ0n) is 6.95. The van der Waals surface area contributed by atoms with Gasteiger partial charge in [-0.1, -0.05) is 58.8 Å². The third-order valence-corrected chi connectivity index (χ3v) is 1.71. The SMILES string of the molecule is CCCCCCCCC.[KH]. The minimum atomic E-state index is 0. The molecule has 0 heterocycles. The molecule has 0 N–H and O–H groups in total. The van der Waals surface area contributed by atoms with Gasteiger partial charge in [0.25, 0.3) is 0 Å². The molecule has 0 aromatic carbocycles. The standard InChI is InChI=1S/C9H20.K.H/c1-3-5-7-9-8-6-4-2;;/h3-9H2,1-2H3;;. The molecular weight excluding hydrogens is 147 g/mol. The molecule has 0 unspecified atom stereocenters. The van der Waals surface area contributed by atoms with Crippen molar-refractivity contribution in [2.75, 3.05) is 0 Å². The van der Waals surface area contributed by atoms with E-state index in [-0.39, 0.29) is 51.4 Å². The first-order valence-electron chi connectivity index (χ1n) is 4.41. The summed E-state index contributed by atoms with van der Waals surface area (Å²) >= 11 is 0. The third-order valence-electron chi connectivity index (χ3n) is 1.71. The molecule has 0 amide bonds. The van der Waals surface area contributed by atoms with E-state index in [2.05, 4.69) is 13.8 Å². The molecule has 0 aliphatic heterocycles. The Balaban J connectivity index is 0. The van der Waals surface area contributed by atoms with E-state index in [4.69, 9.17) is 0 Å². The summed E-state index contributed by atoms with van der Waals surface area (Å²) in [5, 5.41) is 0. The Morgan fingerprint density at radius 1 is 0.600 bits per heavy atom. The van der Waals surface area contributed by atoms with Crippen LogP contribution in [-0.2, 0) is 0 Å². The van der Waals surface area contributed by atoms with Crippen LogP contribution in [0.25, 0.3) is 0 Å². The van der Waals surface area contributed by atoms with E-state index in [0.717, 1.165) is 0 Å². The molecule has 1 heteroatoms. The molecule has 0 bridgehead atoms. The predicted octanol–water partition coefficient (Wildman–Crippen LogP) is 3.11. The summed E-state index contributed by atoms with van der Waals surface area (Å²) in [6.45, 7) is 4.53. The molecular formula is C9H21K. The topological polar surface area (TPSA) is 0 Å². The average Bonchev–Trinajstić information content (AvgIpc) is 1.89. The summed E-state index contributed by atoms with van der Waals surface area (Å²) in [6.07, 6.45) is 9.97. The van der Waals surface area contributed by atoms with Crippen LogP contribution >= 0.6 is 0 Å². The molecule has 58 valence electrons. The van der Waals surface area contributed by atoms with Gasteiger partial charge < -0.3 is 0 Å². The fraction of sp³-hybridized carbons (Fsp3) is 1.00. The van der Waals surface area contributed by atoms with Crippen LogP contribution in [0.1, 0.15) is 58.8 Å². The van der Waals surface area contributed by atoms with Crippen molar-refractivity contribution in [3.8, 4) is 0 Å². The van der Waals surface area contributed by atoms with Gasteiger partial charge >= 0.3 is 51.4 Å². The van der Waals surface area contributed by atoms with Crippen LogP contribution in [0.3, 0.4) is 0 Å². The van der Waals surface area contributed by atoms with E-state index in [0.29, 0.717) is 0 Å². The van der Waals surface area contributed by atoms with E-state index >= 15 is 0 Å². The maximum atomic E-state index is 2.26. The first-order chi connectivity index (χ1) is 4.41. The van der Waals surface area contributed by atoms with Crippen LogP contribution in [0.2, 0.25) is 0 Å². The molecule has 0 aromatic heterocycles. The molecule has 0 spiro atoms. The van der Waals surface area contributed by atoms with Gasteiger partial charge in [-0.05, 0) is 0 Å². The van der Waals surface area contributed by atoms with E-state index in [1.807, 2.05) is 0 Å². The van der Waals surface area contributed by atoms with Gasteiger partial charge in [-0.15, -0.1) is 0 Å². The van der Waals surface area contributed by atoms with Crippen molar-refractivity contribution in [1.29, 1.82) is 0 Å².